The Kier molecular flexibility index (Phi) is 6.40. The molecule has 2 amide bonds. The summed E-state index contributed by atoms with van der Waals surface area (Å²) < 4.78 is 0.884. The number of likely N-dealkylation sites (N-methyl/N-ethyl adjacent to an activating group) is 1. The molecule has 0 radical (unpaired) electrons. The van der Waals surface area contributed by atoms with Gasteiger partial charge in [0.15, 0.2) is 0 Å². The van der Waals surface area contributed by atoms with Crippen molar-refractivity contribution in [1.29, 1.82) is 0 Å². The first-order valence-electron chi connectivity index (χ1n) is 7.00. The summed E-state index contributed by atoms with van der Waals surface area (Å²) >= 11 is 3.42. The van der Waals surface area contributed by atoms with Crippen LogP contribution in [0.3, 0.4) is 0 Å². The summed E-state index contributed by atoms with van der Waals surface area (Å²) in [5.41, 5.74) is 1.61. The Morgan fingerprint density at radius 1 is 1.29 bits per heavy atom. The molecule has 4 nitrogen and oxygen atoms in total. The van der Waals surface area contributed by atoms with Crippen LogP contribution < -0.4 is 5.32 Å². The zero-order valence-electron chi connectivity index (χ0n) is 13.2. The number of aryl methyl sites for hydroxylation is 1. The Morgan fingerprint density at radius 3 is 2.38 bits per heavy atom. The SMILES string of the molecule is Cc1ccc(C(=O)NC(CC(C)C)C(=O)N(C)C)cc1Br. The summed E-state index contributed by atoms with van der Waals surface area (Å²) in [6, 6.07) is 4.93. The van der Waals surface area contributed by atoms with Gasteiger partial charge in [-0.3, -0.25) is 9.59 Å². The molecule has 0 fully saturated rings. The van der Waals surface area contributed by atoms with Crippen molar-refractivity contribution in [2.24, 2.45) is 5.92 Å². The fourth-order valence-electron chi connectivity index (χ4n) is 1.98. The van der Waals surface area contributed by atoms with Gasteiger partial charge in [0.1, 0.15) is 6.04 Å². The second-order valence-electron chi connectivity index (χ2n) is 5.85. The van der Waals surface area contributed by atoms with Crippen LogP contribution in [0.25, 0.3) is 0 Å². The van der Waals surface area contributed by atoms with Gasteiger partial charge in [-0.15, -0.1) is 0 Å². The zero-order chi connectivity index (χ0) is 16.2. The highest BCUT2D eigenvalue weighted by atomic mass is 79.9. The molecule has 21 heavy (non-hydrogen) atoms. The van der Waals surface area contributed by atoms with Gasteiger partial charge >= 0.3 is 0 Å². The maximum absolute atomic E-state index is 12.3. The van der Waals surface area contributed by atoms with E-state index >= 15 is 0 Å². The number of benzene rings is 1. The summed E-state index contributed by atoms with van der Waals surface area (Å²) in [4.78, 5) is 26.0. The quantitative estimate of drug-likeness (QED) is 0.883. The summed E-state index contributed by atoms with van der Waals surface area (Å²) in [6.07, 6.45) is 0.621. The summed E-state index contributed by atoms with van der Waals surface area (Å²) in [5.74, 6) is 0.0173. The average Bonchev–Trinajstić information content (AvgIpc) is 2.39. The van der Waals surface area contributed by atoms with E-state index in [1.165, 1.54) is 4.90 Å². The van der Waals surface area contributed by atoms with Gasteiger partial charge in [-0.1, -0.05) is 35.8 Å². The highest BCUT2D eigenvalue weighted by Crippen LogP contribution is 2.18. The lowest BCUT2D eigenvalue weighted by Crippen LogP contribution is -2.46. The van der Waals surface area contributed by atoms with Crippen LogP contribution in [0.1, 0.15) is 36.2 Å². The molecule has 1 rings (SSSR count). The molecular weight excluding hydrogens is 332 g/mol. The van der Waals surface area contributed by atoms with Gasteiger partial charge in [0, 0.05) is 24.1 Å². The number of nitrogens with zero attached hydrogens (tertiary/aromatic N) is 1. The fraction of sp³-hybridized carbons (Fsp3) is 0.500. The predicted octanol–water partition coefficient (Wildman–Crippen LogP) is 2.99. The van der Waals surface area contributed by atoms with E-state index in [9.17, 15) is 9.59 Å². The lowest BCUT2D eigenvalue weighted by Gasteiger charge is -2.23. The summed E-state index contributed by atoms with van der Waals surface area (Å²) in [7, 11) is 3.40. The lowest BCUT2D eigenvalue weighted by molar-refractivity contribution is -0.131. The Bertz CT molecular complexity index is 527. The first-order valence-corrected chi connectivity index (χ1v) is 7.79. The summed E-state index contributed by atoms with van der Waals surface area (Å²) in [5, 5.41) is 2.84. The molecule has 0 saturated heterocycles. The van der Waals surface area contributed by atoms with Crippen LogP contribution in [0, 0.1) is 12.8 Å². The first kappa shape index (κ1) is 17.7. The average molecular weight is 355 g/mol. The van der Waals surface area contributed by atoms with E-state index in [1.807, 2.05) is 26.8 Å². The molecule has 5 heteroatoms. The van der Waals surface area contributed by atoms with E-state index in [2.05, 4.69) is 21.2 Å². The van der Waals surface area contributed by atoms with Crippen molar-refractivity contribution in [2.75, 3.05) is 14.1 Å². The van der Waals surface area contributed by atoms with Gasteiger partial charge in [0.05, 0.1) is 0 Å². The molecule has 116 valence electrons. The van der Waals surface area contributed by atoms with E-state index < -0.39 is 6.04 Å². The smallest absolute Gasteiger partial charge is 0.251 e. The maximum atomic E-state index is 12.3. The van der Waals surface area contributed by atoms with Gasteiger partial charge < -0.3 is 10.2 Å². The Labute approximate surface area is 135 Å². The molecule has 0 aromatic heterocycles. The van der Waals surface area contributed by atoms with Gasteiger partial charge in [0.25, 0.3) is 5.91 Å². The van der Waals surface area contributed by atoms with Crippen LogP contribution in [-0.4, -0.2) is 36.9 Å². The van der Waals surface area contributed by atoms with Gasteiger partial charge in [-0.05, 0) is 37.0 Å². The molecule has 1 N–H and O–H groups in total. The highest BCUT2D eigenvalue weighted by molar-refractivity contribution is 9.10. The van der Waals surface area contributed by atoms with Crippen LogP contribution >= 0.6 is 15.9 Å². The second-order valence-corrected chi connectivity index (χ2v) is 6.71. The van der Waals surface area contributed by atoms with E-state index in [0.29, 0.717) is 17.9 Å². The lowest BCUT2D eigenvalue weighted by atomic mass is 10.0. The normalized spacial score (nSPS) is 12.1. The van der Waals surface area contributed by atoms with Crippen LogP contribution in [-0.2, 0) is 4.79 Å². The number of carbonyl (C=O) groups is 2. The minimum Gasteiger partial charge on any atom is -0.347 e. The monoisotopic (exact) mass is 354 g/mol. The molecule has 0 heterocycles. The predicted molar refractivity (Wildman–Crippen MR) is 88.3 cm³/mol. The molecule has 0 spiro atoms. The van der Waals surface area contributed by atoms with Crippen LogP contribution in [0.4, 0.5) is 0 Å². The number of hydrogen-bond donors (Lipinski definition) is 1. The van der Waals surface area contributed by atoms with Crippen molar-refractivity contribution >= 4 is 27.7 Å². The maximum Gasteiger partial charge on any atom is 0.251 e. The molecule has 0 aliphatic carbocycles. The second kappa shape index (κ2) is 7.59. The van der Waals surface area contributed by atoms with Gasteiger partial charge in [-0.2, -0.15) is 0 Å². The van der Waals surface area contributed by atoms with Gasteiger partial charge in [-0.25, -0.2) is 0 Å². The van der Waals surface area contributed by atoms with Crippen molar-refractivity contribution < 1.29 is 9.59 Å². The largest absolute Gasteiger partial charge is 0.347 e. The number of amides is 2. The summed E-state index contributed by atoms with van der Waals surface area (Å²) in [6.45, 7) is 6.03. The third kappa shape index (κ3) is 5.16. The van der Waals surface area contributed by atoms with E-state index in [4.69, 9.17) is 0 Å². The number of rotatable bonds is 5. The molecule has 0 saturated carbocycles. The Morgan fingerprint density at radius 2 is 1.90 bits per heavy atom. The zero-order valence-corrected chi connectivity index (χ0v) is 14.8. The Balaban J connectivity index is 2.89. The molecule has 1 atom stereocenters. The number of nitrogens with one attached hydrogen (secondary N) is 1. The minimum absolute atomic E-state index is 0.0803. The molecule has 1 aromatic rings. The van der Waals surface area contributed by atoms with Crippen molar-refractivity contribution in [3.63, 3.8) is 0 Å². The minimum atomic E-state index is -0.493. The molecular formula is C16H23BrN2O2. The highest BCUT2D eigenvalue weighted by Gasteiger charge is 2.23. The van der Waals surface area contributed by atoms with E-state index in [-0.39, 0.29) is 11.8 Å². The molecule has 0 aliphatic heterocycles. The first-order chi connectivity index (χ1) is 9.72. The third-order valence-electron chi connectivity index (χ3n) is 3.19. The Hall–Kier alpha value is -1.36. The van der Waals surface area contributed by atoms with Crippen molar-refractivity contribution in [3.8, 4) is 0 Å². The molecule has 0 aliphatic rings. The van der Waals surface area contributed by atoms with Crippen LogP contribution in [0.2, 0.25) is 0 Å². The van der Waals surface area contributed by atoms with Gasteiger partial charge in [0.2, 0.25) is 5.91 Å². The van der Waals surface area contributed by atoms with Crippen LogP contribution in [0.15, 0.2) is 22.7 Å². The van der Waals surface area contributed by atoms with E-state index in [1.54, 1.807) is 26.2 Å². The molecule has 0 bridgehead atoms. The molecule has 1 unspecified atom stereocenters. The standard InChI is InChI=1S/C16H23BrN2O2/c1-10(2)8-14(16(21)19(4)5)18-15(20)12-7-6-11(3)13(17)9-12/h6-7,9-10,14H,8H2,1-5H3,(H,18,20). The van der Waals surface area contributed by atoms with E-state index in [0.717, 1.165) is 10.0 Å². The fourth-order valence-corrected chi connectivity index (χ4v) is 2.36. The number of carbonyl (C=O) groups excluding carboxylic acids is 2. The molecule has 1 aromatic carbocycles. The topological polar surface area (TPSA) is 49.4 Å². The van der Waals surface area contributed by atoms with Crippen molar-refractivity contribution in [3.05, 3.63) is 33.8 Å². The third-order valence-corrected chi connectivity index (χ3v) is 4.04. The van der Waals surface area contributed by atoms with Crippen molar-refractivity contribution in [1.82, 2.24) is 10.2 Å². The van der Waals surface area contributed by atoms with Crippen molar-refractivity contribution in [2.45, 2.75) is 33.2 Å². The van der Waals surface area contributed by atoms with Crippen LogP contribution in [0.5, 0.6) is 0 Å². The number of halogens is 1. The number of hydrogen-bond acceptors (Lipinski definition) is 2.